The lowest BCUT2D eigenvalue weighted by atomic mass is 10.1. The van der Waals surface area contributed by atoms with Crippen molar-refractivity contribution in [3.05, 3.63) is 34.1 Å². The first-order chi connectivity index (χ1) is 8.44. The number of sulfonamides is 1. The number of rotatable bonds is 7. The monoisotopic (exact) mass is 341 g/mol. The van der Waals surface area contributed by atoms with E-state index in [0.29, 0.717) is 10.9 Å². The Morgan fingerprint density at radius 3 is 2.67 bits per heavy atom. The van der Waals surface area contributed by atoms with Gasteiger partial charge in [0.15, 0.2) is 0 Å². The molecule has 7 heteroatoms. The van der Waals surface area contributed by atoms with E-state index in [-0.39, 0.29) is 24.5 Å². The van der Waals surface area contributed by atoms with Crippen LogP contribution in [-0.2, 0) is 16.4 Å². The highest BCUT2D eigenvalue weighted by atomic mass is 79.9. The van der Waals surface area contributed by atoms with Crippen LogP contribution in [0.25, 0.3) is 0 Å². The molecule has 0 aliphatic rings. The molecule has 0 aliphatic carbocycles. The van der Waals surface area contributed by atoms with E-state index < -0.39 is 16.7 Å². The zero-order valence-electron chi connectivity index (χ0n) is 9.63. The van der Waals surface area contributed by atoms with Crippen LogP contribution in [0.5, 0.6) is 0 Å². The van der Waals surface area contributed by atoms with Gasteiger partial charge >= 0.3 is 0 Å². The van der Waals surface area contributed by atoms with Crippen LogP contribution in [0.1, 0.15) is 12.0 Å². The summed E-state index contributed by atoms with van der Waals surface area (Å²) in [6.07, 6.45) is 0.450. The zero-order valence-corrected chi connectivity index (χ0v) is 12.0. The van der Waals surface area contributed by atoms with Gasteiger partial charge in [-0.2, -0.15) is 0 Å². The average Bonchev–Trinajstić information content (AvgIpc) is 2.31. The molecule has 0 saturated carbocycles. The first kappa shape index (κ1) is 15.5. The van der Waals surface area contributed by atoms with E-state index in [4.69, 9.17) is 0 Å². The Bertz CT molecular complexity index is 494. The molecule has 1 aromatic rings. The van der Waals surface area contributed by atoms with Crippen LogP contribution in [0.4, 0.5) is 8.78 Å². The summed E-state index contributed by atoms with van der Waals surface area (Å²) in [5.41, 5.74) is 0.816. The van der Waals surface area contributed by atoms with Gasteiger partial charge in [-0.3, -0.25) is 4.39 Å². The molecule has 0 heterocycles. The van der Waals surface area contributed by atoms with Crippen molar-refractivity contribution in [3.8, 4) is 0 Å². The lowest BCUT2D eigenvalue weighted by Gasteiger charge is -2.06. The Hall–Kier alpha value is -0.530. The third-order valence-electron chi connectivity index (χ3n) is 2.27. The minimum Gasteiger partial charge on any atom is -0.251 e. The minimum absolute atomic E-state index is 0.00255. The Kier molecular flexibility index (Phi) is 6.17. The number of benzene rings is 1. The van der Waals surface area contributed by atoms with Gasteiger partial charge in [0, 0.05) is 6.54 Å². The Morgan fingerprint density at radius 1 is 1.33 bits per heavy atom. The van der Waals surface area contributed by atoms with Crippen LogP contribution < -0.4 is 4.72 Å². The molecule has 0 atom stereocenters. The predicted molar refractivity (Wildman–Crippen MR) is 70.2 cm³/mol. The Balaban J connectivity index is 2.44. The zero-order chi connectivity index (χ0) is 13.6. The van der Waals surface area contributed by atoms with E-state index in [0.717, 1.165) is 5.56 Å². The fourth-order valence-electron chi connectivity index (χ4n) is 1.36. The summed E-state index contributed by atoms with van der Waals surface area (Å²) in [4.78, 5) is 0. The molecule has 0 bridgehead atoms. The van der Waals surface area contributed by atoms with Gasteiger partial charge in [-0.05, 0) is 46.5 Å². The molecule has 0 amide bonds. The van der Waals surface area contributed by atoms with E-state index in [9.17, 15) is 17.2 Å². The van der Waals surface area contributed by atoms with Gasteiger partial charge in [0.2, 0.25) is 10.0 Å². The van der Waals surface area contributed by atoms with Crippen LogP contribution in [0.2, 0.25) is 0 Å². The molecular weight excluding hydrogens is 328 g/mol. The summed E-state index contributed by atoms with van der Waals surface area (Å²) >= 11 is 3.06. The largest absolute Gasteiger partial charge is 0.251 e. The molecule has 102 valence electrons. The second-order valence-electron chi connectivity index (χ2n) is 3.75. The summed E-state index contributed by atoms with van der Waals surface area (Å²) in [6.45, 7) is -0.432. The number of alkyl halides is 1. The fraction of sp³-hybridized carbons (Fsp3) is 0.455. The maximum Gasteiger partial charge on any atom is 0.211 e. The van der Waals surface area contributed by atoms with E-state index in [1.54, 1.807) is 12.1 Å². The number of halogens is 3. The highest BCUT2D eigenvalue weighted by Crippen LogP contribution is 2.16. The maximum atomic E-state index is 13.0. The van der Waals surface area contributed by atoms with Crippen molar-refractivity contribution in [2.45, 2.75) is 12.8 Å². The summed E-state index contributed by atoms with van der Waals surface area (Å²) in [5.74, 6) is -0.571. The third-order valence-corrected chi connectivity index (χ3v) is 4.34. The molecule has 18 heavy (non-hydrogen) atoms. The van der Waals surface area contributed by atoms with E-state index in [1.807, 2.05) is 0 Å². The lowest BCUT2D eigenvalue weighted by molar-refractivity contribution is 0.483. The van der Waals surface area contributed by atoms with Crippen molar-refractivity contribution in [2.24, 2.45) is 0 Å². The van der Waals surface area contributed by atoms with Crippen LogP contribution in [0.3, 0.4) is 0 Å². The van der Waals surface area contributed by atoms with Crippen LogP contribution in [0, 0.1) is 5.82 Å². The highest BCUT2D eigenvalue weighted by Gasteiger charge is 2.09. The standard InChI is InChI=1S/C11H14BrF2NO2S/c12-10-8-9(2-3-11(10)14)4-6-15-18(16,17)7-1-5-13/h2-3,8,15H,1,4-7H2. The smallest absolute Gasteiger partial charge is 0.211 e. The molecule has 1 N–H and O–H groups in total. The summed E-state index contributed by atoms with van der Waals surface area (Å²) in [6, 6.07) is 4.51. The second-order valence-corrected chi connectivity index (χ2v) is 6.53. The molecular formula is C11H14BrF2NO2S. The van der Waals surface area contributed by atoms with Gasteiger partial charge in [0.1, 0.15) is 5.82 Å². The van der Waals surface area contributed by atoms with E-state index in [1.165, 1.54) is 6.07 Å². The Morgan fingerprint density at radius 2 is 2.06 bits per heavy atom. The van der Waals surface area contributed by atoms with E-state index in [2.05, 4.69) is 20.7 Å². The van der Waals surface area contributed by atoms with Gasteiger partial charge in [-0.15, -0.1) is 0 Å². The van der Waals surface area contributed by atoms with Crippen molar-refractivity contribution in [2.75, 3.05) is 19.0 Å². The van der Waals surface area contributed by atoms with Gasteiger partial charge in [0.05, 0.1) is 16.9 Å². The minimum atomic E-state index is -3.41. The van der Waals surface area contributed by atoms with Crippen molar-refractivity contribution in [1.82, 2.24) is 4.72 Å². The van der Waals surface area contributed by atoms with Crippen molar-refractivity contribution >= 4 is 26.0 Å². The number of nitrogens with one attached hydrogen (secondary N) is 1. The predicted octanol–water partition coefficient (Wildman–Crippen LogP) is 2.41. The SMILES string of the molecule is O=S(=O)(CCCF)NCCc1ccc(F)c(Br)c1. The summed E-state index contributed by atoms with van der Waals surface area (Å²) in [5, 5.41) is 0. The van der Waals surface area contributed by atoms with Crippen LogP contribution >= 0.6 is 15.9 Å². The number of hydrogen-bond acceptors (Lipinski definition) is 2. The van der Waals surface area contributed by atoms with Gasteiger partial charge in [-0.25, -0.2) is 17.5 Å². The lowest BCUT2D eigenvalue weighted by Crippen LogP contribution is -2.28. The molecule has 0 fully saturated rings. The molecule has 0 spiro atoms. The normalized spacial score (nSPS) is 11.7. The second kappa shape index (κ2) is 7.16. The summed E-state index contributed by atoms with van der Waals surface area (Å²) in [7, 11) is -3.41. The molecule has 1 aromatic carbocycles. The van der Waals surface area contributed by atoms with E-state index >= 15 is 0 Å². The average molecular weight is 342 g/mol. The van der Waals surface area contributed by atoms with Crippen LogP contribution in [0.15, 0.2) is 22.7 Å². The topological polar surface area (TPSA) is 46.2 Å². The quantitative estimate of drug-likeness (QED) is 0.827. The molecule has 1 rings (SSSR count). The molecule has 0 unspecified atom stereocenters. The molecule has 0 aromatic heterocycles. The van der Waals surface area contributed by atoms with Crippen LogP contribution in [-0.4, -0.2) is 27.4 Å². The molecule has 0 saturated heterocycles. The maximum absolute atomic E-state index is 13.0. The van der Waals surface area contributed by atoms with Gasteiger partial charge in [-0.1, -0.05) is 6.07 Å². The van der Waals surface area contributed by atoms with Gasteiger partial charge in [0.25, 0.3) is 0 Å². The summed E-state index contributed by atoms with van der Waals surface area (Å²) < 4.78 is 50.2. The van der Waals surface area contributed by atoms with Gasteiger partial charge < -0.3 is 0 Å². The fourth-order valence-corrected chi connectivity index (χ4v) is 2.84. The highest BCUT2D eigenvalue weighted by molar-refractivity contribution is 9.10. The molecule has 0 aliphatic heterocycles. The third kappa shape index (κ3) is 5.41. The van der Waals surface area contributed by atoms with Crippen molar-refractivity contribution in [3.63, 3.8) is 0 Å². The molecule has 3 nitrogen and oxygen atoms in total. The molecule has 0 radical (unpaired) electrons. The Labute approximate surface area is 114 Å². The first-order valence-electron chi connectivity index (χ1n) is 5.42. The van der Waals surface area contributed by atoms with Crippen molar-refractivity contribution in [1.29, 1.82) is 0 Å². The van der Waals surface area contributed by atoms with Crippen molar-refractivity contribution < 1.29 is 17.2 Å². The first-order valence-corrected chi connectivity index (χ1v) is 7.86. The number of hydrogen-bond donors (Lipinski definition) is 1.